The summed E-state index contributed by atoms with van der Waals surface area (Å²) in [4.78, 5) is 11.9. The first-order valence-electron chi connectivity index (χ1n) is 6.54. The van der Waals surface area contributed by atoms with Gasteiger partial charge in [-0.1, -0.05) is 24.3 Å². The van der Waals surface area contributed by atoms with Crippen molar-refractivity contribution in [1.82, 2.24) is 5.32 Å². The highest BCUT2D eigenvalue weighted by Crippen LogP contribution is 2.09. The molecule has 2 rings (SSSR count). The summed E-state index contributed by atoms with van der Waals surface area (Å²) in [6, 6.07) is 14.2. The van der Waals surface area contributed by atoms with Gasteiger partial charge in [-0.2, -0.15) is 0 Å². The number of nitrogens with two attached hydrogens (primary N) is 1. The van der Waals surface area contributed by atoms with E-state index in [1.165, 1.54) is 0 Å². The highest BCUT2D eigenvalue weighted by atomic mass is 16.3. The minimum absolute atomic E-state index is 0.0904. The van der Waals surface area contributed by atoms with E-state index in [0.29, 0.717) is 18.7 Å². The van der Waals surface area contributed by atoms with Crippen LogP contribution in [-0.2, 0) is 13.0 Å². The Morgan fingerprint density at radius 2 is 1.60 bits per heavy atom. The maximum Gasteiger partial charge on any atom is 0.251 e. The zero-order valence-corrected chi connectivity index (χ0v) is 11.2. The number of phenols is 1. The van der Waals surface area contributed by atoms with E-state index in [2.05, 4.69) is 5.32 Å². The monoisotopic (exact) mass is 270 g/mol. The van der Waals surface area contributed by atoms with Gasteiger partial charge in [0.2, 0.25) is 0 Å². The van der Waals surface area contributed by atoms with Crippen LogP contribution in [-0.4, -0.2) is 17.6 Å². The molecular weight excluding hydrogens is 252 g/mol. The van der Waals surface area contributed by atoms with Crippen LogP contribution in [0.1, 0.15) is 21.5 Å². The molecule has 0 saturated heterocycles. The molecule has 4 nitrogen and oxygen atoms in total. The molecule has 0 radical (unpaired) electrons. The minimum Gasteiger partial charge on any atom is -0.508 e. The molecule has 4 heteroatoms. The minimum atomic E-state index is -0.0904. The molecule has 2 aromatic carbocycles. The summed E-state index contributed by atoms with van der Waals surface area (Å²) >= 11 is 0. The van der Waals surface area contributed by atoms with Gasteiger partial charge >= 0.3 is 0 Å². The van der Waals surface area contributed by atoms with Crippen molar-refractivity contribution in [2.45, 2.75) is 13.0 Å². The van der Waals surface area contributed by atoms with Crippen molar-refractivity contribution in [3.05, 3.63) is 65.2 Å². The van der Waals surface area contributed by atoms with Gasteiger partial charge in [-0.3, -0.25) is 4.79 Å². The highest BCUT2D eigenvalue weighted by molar-refractivity contribution is 5.94. The molecule has 20 heavy (non-hydrogen) atoms. The molecule has 0 aromatic heterocycles. The number of aromatic hydroxyl groups is 1. The fourth-order valence-electron chi connectivity index (χ4n) is 1.88. The summed E-state index contributed by atoms with van der Waals surface area (Å²) in [5.41, 5.74) is 8.22. The van der Waals surface area contributed by atoms with Crippen LogP contribution >= 0.6 is 0 Å². The third kappa shape index (κ3) is 3.83. The molecule has 0 unspecified atom stereocenters. The van der Waals surface area contributed by atoms with E-state index in [1.54, 1.807) is 24.3 Å². The van der Waals surface area contributed by atoms with E-state index in [9.17, 15) is 9.90 Å². The summed E-state index contributed by atoms with van der Waals surface area (Å²) in [5, 5.41) is 12.0. The van der Waals surface area contributed by atoms with Gasteiger partial charge in [-0.05, 0) is 41.8 Å². The molecular formula is C16H18N2O2. The Labute approximate surface area is 118 Å². The number of amides is 1. The van der Waals surface area contributed by atoms with Crippen LogP contribution < -0.4 is 11.1 Å². The predicted molar refractivity (Wildman–Crippen MR) is 78.5 cm³/mol. The Morgan fingerprint density at radius 1 is 1.00 bits per heavy atom. The summed E-state index contributed by atoms with van der Waals surface area (Å²) < 4.78 is 0. The Bertz CT molecular complexity index is 562. The van der Waals surface area contributed by atoms with Crippen LogP contribution in [0.15, 0.2) is 48.5 Å². The first-order valence-corrected chi connectivity index (χ1v) is 6.54. The molecule has 0 bridgehead atoms. The molecule has 0 heterocycles. The van der Waals surface area contributed by atoms with Gasteiger partial charge in [-0.25, -0.2) is 0 Å². The number of carbonyl (C=O) groups is 1. The van der Waals surface area contributed by atoms with Crippen molar-refractivity contribution < 1.29 is 9.90 Å². The topological polar surface area (TPSA) is 75.4 Å². The molecule has 2 aromatic rings. The quantitative estimate of drug-likeness (QED) is 0.775. The van der Waals surface area contributed by atoms with Crippen LogP contribution in [0.5, 0.6) is 5.75 Å². The fraction of sp³-hybridized carbons (Fsp3) is 0.188. The van der Waals surface area contributed by atoms with Gasteiger partial charge in [0.25, 0.3) is 5.91 Å². The van der Waals surface area contributed by atoms with E-state index in [0.717, 1.165) is 17.5 Å². The summed E-state index contributed by atoms with van der Waals surface area (Å²) in [5.74, 6) is 0.158. The number of rotatable bonds is 5. The lowest BCUT2D eigenvalue weighted by atomic mass is 10.1. The van der Waals surface area contributed by atoms with E-state index in [4.69, 9.17) is 5.73 Å². The largest absolute Gasteiger partial charge is 0.508 e. The van der Waals surface area contributed by atoms with Gasteiger partial charge in [-0.15, -0.1) is 0 Å². The predicted octanol–water partition coefficient (Wildman–Crippen LogP) is 1.82. The second-order valence-electron chi connectivity index (χ2n) is 4.57. The van der Waals surface area contributed by atoms with Crippen LogP contribution in [0.3, 0.4) is 0 Å². The number of carbonyl (C=O) groups excluding carboxylic acids is 1. The van der Waals surface area contributed by atoms with E-state index >= 15 is 0 Å². The van der Waals surface area contributed by atoms with E-state index < -0.39 is 0 Å². The summed E-state index contributed by atoms with van der Waals surface area (Å²) in [6.45, 7) is 1.03. The Hall–Kier alpha value is -2.33. The number of hydrogen-bond acceptors (Lipinski definition) is 3. The van der Waals surface area contributed by atoms with Crippen molar-refractivity contribution >= 4 is 5.91 Å². The maximum absolute atomic E-state index is 11.9. The highest BCUT2D eigenvalue weighted by Gasteiger charge is 2.04. The van der Waals surface area contributed by atoms with Gasteiger partial charge in [0, 0.05) is 18.7 Å². The summed E-state index contributed by atoms with van der Waals surface area (Å²) in [7, 11) is 0. The van der Waals surface area contributed by atoms with Crippen molar-refractivity contribution in [2.24, 2.45) is 5.73 Å². The molecule has 0 aliphatic rings. The molecule has 0 spiro atoms. The maximum atomic E-state index is 11.9. The Morgan fingerprint density at radius 3 is 2.20 bits per heavy atom. The number of phenolic OH excluding ortho intramolecular Hbond substituents is 1. The average molecular weight is 270 g/mol. The van der Waals surface area contributed by atoms with Crippen LogP contribution in [0.4, 0.5) is 0 Å². The fourth-order valence-corrected chi connectivity index (χ4v) is 1.88. The van der Waals surface area contributed by atoms with Gasteiger partial charge in [0.1, 0.15) is 5.75 Å². The SMILES string of the molecule is NCc1ccc(C(=O)NCCc2ccc(O)cc2)cc1. The zero-order chi connectivity index (χ0) is 14.4. The normalized spacial score (nSPS) is 10.2. The van der Waals surface area contributed by atoms with Gasteiger partial charge in [0.15, 0.2) is 0 Å². The molecule has 1 amide bonds. The van der Waals surface area contributed by atoms with Gasteiger partial charge < -0.3 is 16.2 Å². The molecule has 0 fully saturated rings. The smallest absolute Gasteiger partial charge is 0.251 e. The standard InChI is InChI=1S/C16H18N2O2/c17-11-13-1-5-14(6-2-13)16(20)18-10-9-12-3-7-15(19)8-4-12/h1-8,19H,9-11,17H2,(H,18,20). The lowest BCUT2D eigenvalue weighted by Crippen LogP contribution is -2.25. The van der Waals surface area contributed by atoms with E-state index in [1.807, 2.05) is 24.3 Å². The van der Waals surface area contributed by atoms with Crippen molar-refractivity contribution in [2.75, 3.05) is 6.54 Å². The van der Waals surface area contributed by atoms with E-state index in [-0.39, 0.29) is 11.7 Å². The summed E-state index contributed by atoms with van der Waals surface area (Å²) in [6.07, 6.45) is 0.729. The first kappa shape index (κ1) is 14.1. The van der Waals surface area contributed by atoms with Crippen molar-refractivity contribution in [1.29, 1.82) is 0 Å². The van der Waals surface area contributed by atoms with Crippen LogP contribution in [0.2, 0.25) is 0 Å². The second kappa shape index (κ2) is 6.73. The second-order valence-corrected chi connectivity index (χ2v) is 4.57. The Balaban J connectivity index is 1.83. The molecule has 0 saturated carbocycles. The number of nitrogens with one attached hydrogen (secondary N) is 1. The zero-order valence-electron chi connectivity index (χ0n) is 11.2. The third-order valence-corrected chi connectivity index (χ3v) is 3.09. The first-order chi connectivity index (χ1) is 9.69. The van der Waals surface area contributed by atoms with Crippen molar-refractivity contribution in [3.63, 3.8) is 0 Å². The molecule has 4 N–H and O–H groups in total. The van der Waals surface area contributed by atoms with Gasteiger partial charge in [0.05, 0.1) is 0 Å². The molecule has 0 aliphatic heterocycles. The number of hydrogen-bond donors (Lipinski definition) is 3. The average Bonchev–Trinajstić information content (AvgIpc) is 2.49. The molecule has 0 aliphatic carbocycles. The Kier molecular flexibility index (Phi) is 4.74. The van der Waals surface area contributed by atoms with Crippen LogP contribution in [0, 0.1) is 0 Å². The molecule has 104 valence electrons. The van der Waals surface area contributed by atoms with Crippen LogP contribution in [0.25, 0.3) is 0 Å². The van der Waals surface area contributed by atoms with Crippen molar-refractivity contribution in [3.8, 4) is 5.75 Å². The number of benzene rings is 2. The third-order valence-electron chi connectivity index (χ3n) is 3.09. The lowest BCUT2D eigenvalue weighted by molar-refractivity contribution is 0.0954. The lowest BCUT2D eigenvalue weighted by Gasteiger charge is -2.06. The molecule has 0 atom stereocenters.